The van der Waals surface area contributed by atoms with E-state index in [1.807, 2.05) is 0 Å². The number of nitrogens with zero attached hydrogens (tertiary/aromatic N) is 2. The monoisotopic (exact) mass is 528 g/mol. The Hall–Kier alpha value is -5.78. The van der Waals surface area contributed by atoms with Gasteiger partial charge in [-0.25, -0.2) is 19.6 Å². The molecule has 0 aliphatic heterocycles. The molecule has 0 saturated heterocycles. The average molecular weight is 529 g/mol. The maximum atomic E-state index is 12.1. The van der Waals surface area contributed by atoms with Gasteiger partial charge in [0.25, 0.3) is 11.8 Å². The van der Waals surface area contributed by atoms with E-state index in [-0.39, 0.29) is 33.6 Å². The molecule has 0 unspecified atom stereocenters. The van der Waals surface area contributed by atoms with E-state index in [2.05, 4.69) is 25.3 Å². The normalized spacial score (nSPS) is 9.87. The molecule has 2 heterocycles. The summed E-state index contributed by atoms with van der Waals surface area (Å²) >= 11 is 0. The Balaban J connectivity index is 0.000000216. The molecule has 4 rings (SSSR count). The minimum absolute atomic E-state index is 0.0663. The van der Waals surface area contributed by atoms with Gasteiger partial charge in [0, 0.05) is 12.4 Å². The molecular weight excluding hydrogens is 504 g/mol. The number of ether oxygens (including phenoxy) is 1. The van der Waals surface area contributed by atoms with Gasteiger partial charge in [0.05, 0.1) is 40.7 Å². The summed E-state index contributed by atoms with van der Waals surface area (Å²) in [6.45, 7) is 0. The summed E-state index contributed by atoms with van der Waals surface area (Å²) in [4.78, 5) is 54.5. The summed E-state index contributed by atoms with van der Waals surface area (Å²) in [5.74, 6) is -1.93. The van der Waals surface area contributed by atoms with Gasteiger partial charge in [-0.15, -0.1) is 0 Å². The zero-order valence-electron chi connectivity index (χ0n) is 20.6. The van der Waals surface area contributed by atoms with Crippen LogP contribution in [0.5, 0.6) is 0 Å². The number of carbonyl (C=O) groups is 4. The van der Waals surface area contributed by atoms with Gasteiger partial charge in [0.15, 0.2) is 0 Å². The molecule has 7 N–H and O–H groups in total. The van der Waals surface area contributed by atoms with Crippen molar-refractivity contribution < 1.29 is 29.0 Å². The van der Waals surface area contributed by atoms with Gasteiger partial charge in [0.2, 0.25) is 0 Å². The van der Waals surface area contributed by atoms with Crippen molar-refractivity contribution in [2.45, 2.75) is 0 Å². The largest absolute Gasteiger partial charge is 0.478 e. The third-order valence-corrected chi connectivity index (χ3v) is 5.15. The van der Waals surface area contributed by atoms with Crippen molar-refractivity contribution in [1.82, 2.24) is 9.97 Å². The highest BCUT2D eigenvalue weighted by Gasteiger charge is 2.18. The molecule has 0 aliphatic carbocycles. The number of para-hydroxylation sites is 2. The Morgan fingerprint density at radius 1 is 0.667 bits per heavy atom. The zero-order chi connectivity index (χ0) is 28.4. The maximum absolute atomic E-state index is 12.1. The van der Waals surface area contributed by atoms with Crippen molar-refractivity contribution in [1.29, 1.82) is 0 Å². The molecule has 0 atom stereocenters. The number of carboxylic acids is 1. The number of hydrogen-bond donors (Lipinski definition) is 5. The Morgan fingerprint density at radius 2 is 1.10 bits per heavy atom. The van der Waals surface area contributed by atoms with Crippen LogP contribution in [0.3, 0.4) is 0 Å². The number of benzene rings is 2. The number of carboxylic acid groups (broad SMARTS) is 1. The molecular formula is C27H24N6O6. The molecule has 2 aromatic heterocycles. The molecule has 39 heavy (non-hydrogen) atoms. The van der Waals surface area contributed by atoms with Crippen molar-refractivity contribution >= 4 is 46.8 Å². The van der Waals surface area contributed by atoms with Crippen molar-refractivity contribution in [3.05, 3.63) is 107 Å². The fraction of sp³-hybridized carbons (Fsp3) is 0.0370. The average Bonchev–Trinajstić information content (AvgIpc) is 2.94. The lowest BCUT2D eigenvalue weighted by Crippen LogP contribution is -2.17. The molecule has 0 spiro atoms. The number of nitrogen functional groups attached to an aromatic ring is 2. The highest BCUT2D eigenvalue weighted by Crippen LogP contribution is 2.20. The summed E-state index contributed by atoms with van der Waals surface area (Å²) in [5, 5.41) is 14.1. The van der Waals surface area contributed by atoms with E-state index < -0.39 is 23.8 Å². The molecule has 0 radical (unpaired) electrons. The fourth-order valence-corrected chi connectivity index (χ4v) is 3.24. The van der Waals surface area contributed by atoms with E-state index in [0.717, 1.165) is 0 Å². The molecule has 2 aromatic carbocycles. The van der Waals surface area contributed by atoms with E-state index in [1.54, 1.807) is 48.7 Å². The molecule has 0 fully saturated rings. The highest BCUT2D eigenvalue weighted by molar-refractivity contribution is 6.11. The van der Waals surface area contributed by atoms with Crippen LogP contribution in [0.1, 0.15) is 41.4 Å². The second-order valence-corrected chi connectivity index (χ2v) is 7.67. The number of amides is 2. The zero-order valence-corrected chi connectivity index (χ0v) is 20.6. The molecule has 12 heteroatoms. The number of pyridine rings is 2. The minimum atomic E-state index is -1.18. The fourth-order valence-electron chi connectivity index (χ4n) is 3.24. The Labute approximate surface area is 222 Å². The smallest absolute Gasteiger partial charge is 0.339 e. The van der Waals surface area contributed by atoms with Crippen LogP contribution < -0.4 is 22.1 Å². The van der Waals surface area contributed by atoms with Crippen LogP contribution in [0, 0.1) is 0 Å². The summed E-state index contributed by atoms with van der Waals surface area (Å²) in [6.07, 6.45) is 3.09. The van der Waals surface area contributed by atoms with Gasteiger partial charge in [0.1, 0.15) is 11.6 Å². The number of aromatic nitrogens is 2. The third kappa shape index (κ3) is 7.13. The third-order valence-electron chi connectivity index (χ3n) is 5.15. The number of nitrogens with two attached hydrogens (primary N) is 2. The van der Waals surface area contributed by atoms with Crippen molar-refractivity contribution in [2.24, 2.45) is 0 Å². The molecule has 4 aromatic rings. The quantitative estimate of drug-likeness (QED) is 0.183. The van der Waals surface area contributed by atoms with Crippen molar-refractivity contribution in [3.63, 3.8) is 0 Å². The summed E-state index contributed by atoms with van der Waals surface area (Å²) in [6, 6.07) is 19.1. The van der Waals surface area contributed by atoms with Gasteiger partial charge < -0.3 is 31.9 Å². The first-order chi connectivity index (χ1) is 18.7. The number of anilines is 4. The first-order valence-corrected chi connectivity index (χ1v) is 11.3. The Kier molecular flexibility index (Phi) is 9.24. The van der Waals surface area contributed by atoms with Gasteiger partial charge in [-0.3, -0.25) is 9.59 Å². The first kappa shape index (κ1) is 27.8. The predicted molar refractivity (Wildman–Crippen MR) is 144 cm³/mol. The summed E-state index contributed by atoms with van der Waals surface area (Å²) < 4.78 is 4.61. The highest BCUT2D eigenvalue weighted by atomic mass is 16.5. The summed E-state index contributed by atoms with van der Waals surface area (Å²) in [7, 11) is 1.25. The van der Waals surface area contributed by atoms with E-state index >= 15 is 0 Å². The van der Waals surface area contributed by atoms with Crippen LogP contribution in [0.4, 0.5) is 23.0 Å². The molecule has 0 bridgehead atoms. The lowest BCUT2D eigenvalue weighted by molar-refractivity contribution is 0.0600. The van der Waals surface area contributed by atoms with E-state index in [4.69, 9.17) is 16.6 Å². The van der Waals surface area contributed by atoms with E-state index in [1.165, 1.54) is 43.6 Å². The number of methoxy groups -OCH3 is 1. The second-order valence-electron chi connectivity index (χ2n) is 7.67. The Morgan fingerprint density at radius 3 is 1.51 bits per heavy atom. The van der Waals surface area contributed by atoms with E-state index in [9.17, 15) is 19.2 Å². The number of nitrogens with one attached hydrogen (secondary N) is 2. The molecule has 12 nitrogen and oxygen atoms in total. The van der Waals surface area contributed by atoms with E-state index in [0.29, 0.717) is 11.6 Å². The molecule has 0 saturated carbocycles. The number of carbonyl (C=O) groups excluding carboxylic acids is 3. The van der Waals surface area contributed by atoms with Crippen molar-refractivity contribution in [3.8, 4) is 0 Å². The maximum Gasteiger partial charge on any atom is 0.339 e. The van der Waals surface area contributed by atoms with Gasteiger partial charge >= 0.3 is 11.9 Å². The molecule has 2 amide bonds. The topological polar surface area (TPSA) is 200 Å². The van der Waals surface area contributed by atoms with Crippen LogP contribution in [-0.2, 0) is 4.74 Å². The number of esters is 1. The minimum Gasteiger partial charge on any atom is -0.478 e. The van der Waals surface area contributed by atoms with Crippen LogP contribution >= 0.6 is 0 Å². The molecule has 0 aliphatic rings. The van der Waals surface area contributed by atoms with Crippen LogP contribution in [0.2, 0.25) is 0 Å². The molecule has 198 valence electrons. The summed E-state index contributed by atoms with van der Waals surface area (Å²) in [5.41, 5.74) is 11.9. The number of rotatable bonds is 6. The van der Waals surface area contributed by atoms with Gasteiger partial charge in [-0.05, 0) is 48.5 Å². The standard InChI is InChI=1S/C14H13N3O3.C13H11N3O3/c1-20-14(19)10-6-4-5-9(12(10)15)13(18)17-11-7-2-3-8-16-11;14-11-8(4-3-5-9(11)13(18)19)12(17)16-10-6-1-2-7-15-10/h2-8H,15H2,1H3,(H,16,17,18);1-7H,14H2,(H,18,19)(H,15,16,17). The van der Waals surface area contributed by atoms with Crippen molar-refractivity contribution in [2.75, 3.05) is 29.2 Å². The second kappa shape index (κ2) is 13.0. The lowest BCUT2D eigenvalue weighted by Gasteiger charge is -2.09. The van der Waals surface area contributed by atoms with Gasteiger partial charge in [-0.2, -0.15) is 0 Å². The number of hydrogen-bond acceptors (Lipinski definition) is 9. The van der Waals surface area contributed by atoms with Crippen LogP contribution in [0.15, 0.2) is 85.2 Å². The van der Waals surface area contributed by atoms with Crippen LogP contribution in [0.25, 0.3) is 0 Å². The predicted octanol–water partition coefficient (Wildman–Crippen LogP) is 3.32. The van der Waals surface area contributed by atoms with Crippen LogP contribution in [-0.4, -0.2) is 45.9 Å². The number of aromatic carboxylic acids is 1. The first-order valence-electron chi connectivity index (χ1n) is 11.3. The Bertz CT molecular complexity index is 1500. The SMILES string of the molecule is COC(=O)c1cccc(C(=O)Nc2ccccn2)c1N.Nc1c(C(=O)O)cccc1C(=O)Nc1ccccn1. The van der Waals surface area contributed by atoms with Gasteiger partial charge in [-0.1, -0.05) is 24.3 Å². The lowest BCUT2D eigenvalue weighted by atomic mass is 10.1.